The molecule has 0 unspecified atom stereocenters. The molecule has 0 heterocycles. The fraction of sp³-hybridized carbons (Fsp3) is 0.250. The molecule has 8 heteroatoms. The number of carbonyl (C=O) groups is 3. The molecule has 2 aromatic rings. The van der Waals surface area contributed by atoms with Gasteiger partial charge >= 0.3 is 5.97 Å². The van der Waals surface area contributed by atoms with Crippen LogP contribution in [0, 0.1) is 0 Å². The second-order valence-corrected chi connectivity index (χ2v) is 6.21. The standard InChI is InChI=1S/C20H20ClNO6/c1-13(23)15-6-7-17(18(9-15)26-2)27-12-20(25)28-11-19(24)22-10-14-4-3-5-16(21)8-14/h3-9H,10-12H2,1-2H3,(H,22,24). The first kappa shape index (κ1) is 21.2. The SMILES string of the molecule is COc1cc(C(C)=O)ccc1OCC(=O)OCC(=O)NCc1cccc(Cl)c1. The van der Waals surface area contributed by atoms with Crippen molar-refractivity contribution < 1.29 is 28.6 Å². The number of Topliss-reactive ketones (excluding diaryl/α,β-unsaturated/α-hetero) is 1. The molecule has 0 saturated carbocycles. The third kappa shape index (κ3) is 6.59. The van der Waals surface area contributed by atoms with Gasteiger partial charge in [0.15, 0.2) is 30.5 Å². The van der Waals surface area contributed by atoms with E-state index in [1.54, 1.807) is 24.3 Å². The minimum atomic E-state index is -0.712. The summed E-state index contributed by atoms with van der Waals surface area (Å²) in [6.45, 7) is 0.873. The molecule has 0 spiro atoms. The third-order valence-corrected chi connectivity index (χ3v) is 3.89. The highest BCUT2D eigenvalue weighted by Crippen LogP contribution is 2.28. The molecule has 2 aromatic carbocycles. The summed E-state index contributed by atoms with van der Waals surface area (Å²) in [5, 5.41) is 3.19. The van der Waals surface area contributed by atoms with E-state index in [9.17, 15) is 14.4 Å². The summed E-state index contributed by atoms with van der Waals surface area (Å²) in [4.78, 5) is 34.9. The van der Waals surface area contributed by atoms with Crippen LogP contribution < -0.4 is 14.8 Å². The number of carbonyl (C=O) groups excluding carboxylic acids is 3. The highest BCUT2D eigenvalue weighted by molar-refractivity contribution is 6.30. The molecule has 0 aliphatic rings. The van der Waals surface area contributed by atoms with Crippen LogP contribution in [0.2, 0.25) is 5.02 Å². The average molecular weight is 406 g/mol. The first-order chi connectivity index (χ1) is 13.4. The van der Waals surface area contributed by atoms with Crippen molar-refractivity contribution in [3.8, 4) is 11.5 Å². The number of ketones is 1. The second-order valence-electron chi connectivity index (χ2n) is 5.78. The fourth-order valence-corrected chi connectivity index (χ4v) is 2.44. The zero-order valence-corrected chi connectivity index (χ0v) is 16.2. The number of rotatable bonds is 9. The van der Waals surface area contributed by atoms with Gasteiger partial charge in [-0.25, -0.2) is 4.79 Å². The molecule has 0 aliphatic carbocycles. The predicted octanol–water partition coefficient (Wildman–Crippen LogP) is 2.79. The molecule has 0 aromatic heterocycles. The lowest BCUT2D eigenvalue weighted by Crippen LogP contribution is -2.29. The van der Waals surface area contributed by atoms with Crippen LogP contribution in [-0.2, 0) is 20.9 Å². The Labute approximate surface area is 167 Å². The minimum Gasteiger partial charge on any atom is -0.493 e. The van der Waals surface area contributed by atoms with Gasteiger partial charge in [0.2, 0.25) is 0 Å². The van der Waals surface area contributed by atoms with Crippen molar-refractivity contribution >= 4 is 29.3 Å². The van der Waals surface area contributed by atoms with Crippen LogP contribution in [0.1, 0.15) is 22.8 Å². The van der Waals surface area contributed by atoms with Crippen molar-refractivity contribution in [1.29, 1.82) is 0 Å². The molecule has 0 fully saturated rings. The number of esters is 1. The maximum Gasteiger partial charge on any atom is 0.344 e. The number of ether oxygens (including phenoxy) is 3. The van der Waals surface area contributed by atoms with Gasteiger partial charge in [0.1, 0.15) is 0 Å². The Morgan fingerprint density at radius 1 is 1.04 bits per heavy atom. The van der Waals surface area contributed by atoms with E-state index >= 15 is 0 Å². The Hall–Kier alpha value is -3.06. The van der Waals surface area contributed by atoms with E-state index in [-0.39, 0.29) is 18.1 Å². The van der Waals surface area contributed by atoms with Crippen LogP contribution in [0.4, 0.5) is 0 Å². The first-order valence-electron chi connectivity index (χ1n) is 8.37. The van der Waals surface area contributed by atoms with Gasteiger partial charge in [-0.3, -0.25) is 9.59 Å². The van der Waals surface area contributed by atoms with Crippen molar-refractivity contribution in [3.05, 3.63) is 58.6 Å². The van der Waals surface area contributed by atoms with Crippen LogP contribution in [-0.4, -0.2) is 38.0 Å². The molecule has 0 aliphatic heterocycles. The summed E-state index contributed by atoms with van der Waals surface area (Å²) in [6.07, 6.45) is 0. The van der Waals surface area contributed by atoms with E-state index in [0.29, 0.717) is 16.3 Å². The van der Waals surface area contributed by atoms with Crippen molar-refractivity contribution in [2.45, 2.75) is 13.5 Å². The van der Waals surface area contributed by atoms with Crippen molar-refractivity contribution in [1.82, 2.24) is 5.32 Å². The number of nitrogens with one attached hydrogen (secondary N) is 1. The topological polar surface area (TPSA) is 90.9 Å². The first-order valence-corrected chi connectivity index (χ1v) is 8.75. The van der Waals surface area contributed by atoms with Gasteiger partial charge in [0.25, 0.3) is 5.91 Å². The number of amides is 1. The van der Waals surface area contributed by atoms with Gasteiger partial charge in [-0.2, -0.15) is 0 Å². The molecule has 1 N–H and O–H groups in total. The summed E-state index contributed by atoms with van der Waals surface area (Å²) in [5.41, 5.74) is 1.29. The molecule has 0 radical (unpaired) electrons. The number of methoxy groups -OCH3 is 1. The maximum atomic E-state index is 11.8. The van der Waals surface area contributed by atoms with Crippen molar-refractivity contribution in [2.75, 3.05) is 20.3 Å². The average Bonchev–Trinajstić information content (AvgIpc) is 2.68. The van der Waals surface area contributed by atoms with E-state index in [1.165, 1.54) is 26.2 Å². The monoisotopic (exact) mass is 405 g/mol. The molecular formula is C20H20ClNO6. The molecule has 28 heavy (non-hydrogen) atoms. The largest absolute Gasteiger partial charge is 0.493 e. The van der Waals surface area contributed by atoms with Crippen LogP contribution in [0.3, 0.4) is 0 Å². The Morgan fingerprint density at radius 2 is 1.82 bits per heavy atom. The van der Waals surface area contributed by atoms with Gasteiger partial charge in [-0.05, 0) is 42.8 Å². The quantitative estimate of drug-likeness (QED) is 0.509. The lowest BCUT2D eigenvalue weighted by molar-refractivity contribution is -0.150. The summed E-state index contributed by atoms with van der Waals surface area (Å²) in [5.74, 6) is -0.671. The number of benzene rings is 2. The molecule has 2 rings (SSSR count). The molecule has 0 bridgehead atoms. The van der Waals surface area contributed by atoms with Crippen LogP contribution in [0.25, 0.3) is 0 Å². The number of hydrogen-bond acceptors (Lipinski definition) is 6. The predicted molar refractivity (Wildman–Crippen MR) is 103 cm³/mol. The number of hydrogen-bond donors (Lipinski definition) is 1. The highest BCUT2D eigenvalue weighted by Gasteiger charge is 2.12. The van der Waals surface area contributed by atoms with Crippen molar-refractivity contribution in [3.63, 3.8) is 0 Å². The molecule has 0 atom stereocenters. The normalized spacial score (nSPS) is 10.1. The third-order valence-electron chi connectivity index (χ3n) is 3.66. The second kappa shape index (κ2) is 10.3. The van der Waals surface area contributed by atoms with Crippen LogP contribution in [0.5, 0.6) is 11.5 Å². The number of halogens is 1. The summed E-state index contributed by atoms with van der Waals surface area (Å²) < 4.78 is 15.4. The van der Waals surface area contributed by atoms with Crippen molar-refractivity contribution in [2.24, 2.45) is 0 Å². The maximum absolute atomic E-state index is 11.8. The smallest absolute Gasteiger partial charge is 0.344 e. The zero-order valence-electron chi connectivity index (χ0n) is 15.5. The molecule has 148 valence electrons. The van der Waals surface area contributed by atoms with Gasteiger partial charge in [-0.15, -0.1) is 0 Å². The molecule has 1 amide bonds. The Morgan fingerprint density at radius 3 is 2.50 bits per heavy atom. The van der Waals surface area contributed by atoms with Gasteiger partial charge in [0, 0.05) is 17.1 Å². The van der Waals surface area contributed by atoms with Crippen LogP contribution >= 0.6 is 11.6 Å². The summed E-state index contributed by atoms with van der Waals surface area (Å²) >= 11 is 5.87. The van der Waals surface area contributed by atoms with E-state index in [1.807, 2.05) is 6.07 Å². The van der Waals surface area contributed by atoms with E-state index < -0.39 is 25.1 Å². The Balaban J connectivity index is 1.76. The van der Waals surface area contributed by atoms with E-state index in [4.69, 9.17) is 25.8 Å². The Bertz CT molecular complexity index is 868. The molecule has 7 nitrogen and oxygen atoms in total. The zero-order chi connectivity index (χ0) is 20.5. The highest BCUT2D eigenvalue weighted by atomic mass is 35.5. The molecular weight excluding hydrogens is 386 g/mol. The van der Waals surface area contributed by atoms with Gasteiger partial charge in [-0.1, -0.05) is 23.7 Å². The Kier molecular flexibility index (Phi) is 7.83. The van der Waals surface area contributed by atoms with Gasteiger partial charge < -0.3 is 19.5 Å². The summed E-state index contributed by atoms with van der Waals surface area (Å²) in [7, 11) is 1.43. The fourth-order valence-electron chi connectivity index (χ4n) is 2.23. The van der Waals surface area contributed by atoms with Crippen LogP contribution in [0.15, 0.2) is 42.5 Å². The van der Waals surface area contributed by atoms with E-state index in [2.05, 4.69) is 5.32 Å². The minimum absolute atomic E-state index is 0.118. The summed E-state index contributed by atoms with van der Waals surface area (Å²) in [6, 6.07) is 11.7. The lowest BCUT2D eigenvalue weighted by Gasteiger charge is -2.11. The molecule has 0 saturated heterocycles. The van der Waals surface area contributed by atoms with E-state index in [0.717, 1.165) is 5.56 Å². The van der Waals surface area contributed by atoms with Gasteiger partial charge in [0.05, 0.1) is 7.11 Å². The lowest BCUT2D eigenvalue weighted by atomic mass is 10.1.